The lowest BCUT2D eigenvalue weighted by atomic mass is 10.0. The van der Waals surface area contributed by atoms with Gasteiger partial charge in [-0.25, -0.2) is 0 Å². The van der Waals surface area contributed by atoms with Crippen LogP contribution in [0.15, 0.2) is 0 Å². The maximum atomic E-state index is 3.70. The fourth-order valence-corrected chi connectivity index (χ4v) is 2.92. The summed E-state index contributed by atoms with van der Waals surface area (Å²) in [5.74, 6) is 3.61. The van der Waals surface area contributed by atoms with Crippen LogP contribution in [0.4, 0.5) is 0 Å². The van der Waals surface area contributed by atoms with Crippen molar-refractivity contribution < 1.29 is 0 Å². The van der Waals surface area contributed by atoms with Crippen molar-refractivity contribution in [2.24, 2.45) is 5.92 Å². The number of nitrogens with one attached hydrogen (secondary N) is 1. The molecule has 1 rings (SSSR count). The zero-order chi connectivity index (χ0) is 9.52. The second kappa shape index (κ2) is 6.72. The summed E-state index contributed by atoms with van der Waals surface area (Å²) in [5.41, 5.74) is 0. The fourth-order valence-electron chi connectivity index (χ4n) is 1.81. The molecule has 1 heterocycles. The predicted molar refractivity (Wildman–Crippen MR) is 62.4 cm³/mol. The molecule has 2 heteroatoms. The molecule has 0 aromatic rings. The van der Waals surface area contributed by atoms with E-state index >= 15 is 0 Å². The van der Waals surface area contributed by atoms with Crippen molar-refractivity contribution in [2.45, 2.75) is 45.6 Å². The van der Waals surface area contributed by atoms with E-state index in [1.165, 1.54) is 43.7 Å². The quantitative estimate of drug-likeness (QED) is 0.734. The first-order valence-corrected chi connectivity index (χ1v) is 6.83. The van der Waals surface area contributed by atoms with Crippen LogP contribution in [0.5, 0.6) is 0 Å². The van der Waals surface area contributed by atoms with Crippen molar-refractivity contribution in [1.82, 2.24) is 5.32 Å². The van der Waals surface area contributed by atoms with Gasteiger partial charge in [-0.2, -0.15) is 11.8 Å². The Labute approximate surface area is 87.1 Å². The largest absolute Gasteiger partial charge is 0.313 e. The van der Waals surface area contributed by atoms with E-state index in [0.29, 0.717) is 0 Å². The molecule has 0 saturated carbocycles. The zero-order valence-electron chi connectivity index (χ0n) is 9.01. The smallest absolute Gasteiger partial charge is 0.0158 e. The fraction of sp³-hybridized carbons (Fsp3) is 1.00. The Hall–Kier alpha value is 0.310. The van der Waals surface area contributed by atoms with E-state index in [1.807, 2.05) is 0 Å². The van der Waals surface area contributed by atoms with Gasteiger partial charge in [-0.15, -0.1) is 0 Å². The third kappa shape index (κ3) is 4.37. The molecule has 13 heavy (non-hydrogen) atoms. The summed E-state index contributed by atoms with van der Waals surface area (Å²) in [6.45, 7) is 5.83. The van der Waals surface area contributed by atoms with Gasteiger partial charge in [0.15, 0.2) is 0 Å². The lowest BCUT2D eigenvalue weighted by molar-refractivity contribution is 0.406. The van der Waals surface area contributed by atoms with Crippen molar-refractivity contribution in [3.63, 3.8) is 0 Å². The molecule has 1 aliphatic heterocycles. The summed E-state index contributed by atoms with van der Waals surface area (Å²) >= 11 is 2.11. The van der Waals surface area contributed by atoms with E-state index in [4.69, 9.17) is 0 Å². The van der Waals surface area contributed by atoms with Crippen LogP contribution in [0.1, 0.15) is 39.5 Å². The van der Waals surface area contributed by atoms with Crippen molar-refractivity contribution in [3.8, 4) is 0 Å². The summed E-state index contributed by atoms with van der Waals surface area (Å²) in [5, 5.41) is 3.70. The molecule has 1 aliphatic rings. The summed E-state index contributed by atoms with van der Waals surface area (Å²) in [4.78, 5) is 0. The minimum Gasteiger partial charge on any atom is -0.313 e. The lowest BCUT2D eigenvalue weighted by Gasteiger charge is -2.24. The SMILES string of the molecule is CCC(CC)CNC1CCCSC1. The third-order valence-corrected chi connectivity index (χ3v) is 4.23. The first-order valence-electron chi connectivity index (χ1n) is 5.68. The molecule has 0 aromatic carbocycles. The van der Waals surface area contributed by atoms with Gasteiger partial charge >= 0.3 is 0 Å². The summed E-state index contributed by atoms with van der Waals surface area (Å²) in [6, 6.07) is 0.805. The molecule has 1 nitrogen and oxygen atoms in total. The Bertz CT molecular complexity index is 117. The van der Waals surface area contributed by atoms with Gasteiger partial charge in [0.1, 0.15) is 0 Å². The predicted octanol–water partition coefficient (Wildman–Crippen LogP) is 2.91. The van der Waals surface area contributed by atoms with Gasteiger partial charge in [-0.3, -0.25) is 0 Å². The van der Waals surface area contributed by atoms with Gasteiger partial charge in [-0.05, 0) is 31.1 Å². The maximum Gasteiger partial charge on any atom is 0.0158 e. The Morgan fingerprint density at radius 2 is 2.15 bits per heavy atom. The highest BCUT2D eigenvalue weighted by Crippen LogP contribution is 2.17. The molecular weight excluding hydrogens is 178 g/mol. The second-order valence-corrected chi connectivity index (χ2v) is 5.15. The zero-order valence-corrected chi connectivity index (χ0v) is 9.83. The van der Waals surface area contributed by atoms with Crippen LogP contribution in [-0.2, 0) is 0 Å². The summed E-state index contributed by atoms with van der Waals surface area (Å²) < 4.78 is 0. The summed E-state index contributed by atoms with van der Waals surface area (Å²) in [6.07, 6.45) is 5.45. The van der Waals surface area contributed by atoms with Crippen LogP contribution in [0.3, 0.4) is 0 Å². The Morgan fingerprint density at radius 1 is 1.38 bits per heavy atom. The number of hydrogen-bond donors (Lipinski definition) is 1. The van der Waals surface area contributed by atoms with Crippen molar-refractivity contribution in [3.05, 3.63) is 0 Å². The Kier molecular flexibility index (Phi) is 5.88. The van der Waals surface area contributed by atoms with Gasteiger partial charge in [0.05, 0.1) is 0 Å². The molecule has 1 fully saturated rings. The molecule has 0 aromatic heterocycles. The third-order valence-electron chi connectivity index (χ3n) is 3.01. The standard InChI is InChI=1S/C11H23NS/c1-3-10(4-2)8-12-11-6-5-7-13-9-11/h10-12H,3-9H2,1-2H3. The number of thioether (sulfide) groups is 1. The van der Waals surface area contributed by atoms with E-state index in [-0.39, 0.29) is 0 Å². The highest BCUT2D eigenvalue weighted by molar-refractivity contribution is 7.99. The van der Waals surface area contributed by atoms with Crippen LogP contribution in [0, 0.1) is 5.92 Å². The highest BCUT2D eigenvalue weighted by Gasteiger charge is 2.13. The topological polar surface area (TPSA) is 12.0 Å². The average molecular weight is 201 g/mol. The monoisotopic (exact) mass is 201 g/mol. The molecule has 1 unspecified atom stereocenters. The maximum absolute atomic E-state index is 3.70. The Balaban J connectivity index is 2.09. The minimum atomic E-state index is 0.805. The normalized spacial score (nSPS) is 23.8. The van der Waals surface area contributed by atoms with E-state index in [2.05, 4.69) is 30.9 Å². The molecule has 0 bridgehead atoms. The first kappa shape index (κ1) is 11.4. The highest BCUT2D eigenvalue weighted by atomic mass is 32.2. The molecule has 1 N–H and O–H groups in total. The van der Waals surface area contributed by atoms with Gasteiger partial charge in [0.25, 0.3) is 0 Å². The van der Waals surface area contributed by atoms with Gasteiger partial charge < -0.3 is 5.32 Å². The van der Waals surface area contributed by atoms with Crippen LogP contribution < -0.4 is 5.32 Å². The molecule has 78 valence electrons. The summed E-state index contributed by atoms with van der Waals surface area (Å²) in [7, 11) is 0. The molecular formula is C11H23NS. The molecule has 0 radical (unpaired) electrons. The van der Waals surface area contributed by atoms with Gasteiger partial charge in [0.2, 0.25) is 0 Å². The molecule has 0 amide bonds. The molecule has 1 saturated heterocycles. The molecule has 0 spiro atoms. The van der Waals surface area contributed by atoms with Crippen LogP contribution in [0.25, 0.3) is 0 Å². The van der Waals surface area contributed by atoms with Crippen LogP contribution >= 0.6 is 11.8 Å². The van der Waals surface area contributed by atoms with Crippen LogP contribution in [0.2, 0.25) is 0 Å². The van der Waals surface area contributed by atoms with Crippen molar-refractivity contribution in [1.29, 1.82) is 0 Å². The number of rotatable bonds is 5. The van der Waals surface area contributed by atoms with Crippen LogP contribution in [-0.4, -0.2) is 24.1 Å². The van der Waals surface area contributed by atoms with E-state index in [9.17, 15) is 0 Å². The first-order chi connectivity index (χ1) is 6.36. The van der Waals surface area contributed by atoms with Gasteiger partial charge in [0, 0.05) is 11.8 Å². The minimum absolute atomic E-state index is 0.805. The Morgan fingerprint density at radius 3 is 2.69 bits per heavy atom. The van der Waals surface area contributed by atoms with E-state index in [1.54, 1.807) is 0 Å². The second-order valence-electron chi connectivity index (χ2n) is 4.00. The van der Waals surface area contributed by atoms with Crippen molar-refractivity contribution in [2.75, 3.05) is 18.1 Å². The average Bonchev–Trinajstić information content (AvgIpc) is 2.21. The van der Waals surface area contributed by atoms with Gasteiger partial charge in [-0.1, -0.05) is 26.7 Å². The van der Waals surface area contributed by atoms with Crippen molar-refractivity contribution >= 4 is 11.8 Å². The van der Waals surface area contributed by atoms with E-state index < -0.39 is 0 Å². The molecule has 0 aliphatic carbocycles. The van der Waals surface area contributed by atoms with E-state index in [0.717, 1.165) is 12.0 Å². The molecule has 1 atom stereocenters. The number of hydrogen-bond acceptors (Lipinski definition) is 2. The lowest BCUT2D eigenvalue weighted by Crippen LogP contribution is -2.36.